The number of carbonyl (C=O) groups excluding carboxylic acids is 1. The highest BCUT2D eigenvalue weighted by atomic mass is 16.3. The molecular weight excluding hydrogens is 242 g/mol. The van der Waals surface area contributed by atoms with E-state index >= 15 is 0 Å². The topological polar surface area (TPSA) is 88.6 Å². The van der Waals surface area contributed by atoms with Gasteiger partial charge >= 0.3 is 0 Å². The van der Waals surface area contributed by atoms with Gasteiger partial charge in [0.15, 0.2) is 6.29 Å². The Bertz CT molecular complexity index is 568. The Morgan fingerprint density at radius 2 is 2.16 bits per heavy atom. The predicted molar refractivity (Wildman–Crippen MR) is 74.0 cm³/mol. The van der Waals surface area contributed by atoms with Gasteiger partial charge in [-0.2, -0.15) is 0 Å². The minimum absolute atomic E-state index is 0.213. The van der Waals surface area contributed by atoms with Crippen LogP contribution in [0.2, 0.25) is 0 Å². The molecule has 1 aliphatic heterocycles. The molecule has 1 aromatic rings. The standard InChI is InChI=1S/C14H17N3O2/c1-14(2,15)12-5-3-4-11(17-12)9-6-7-16-13(19)10(9)8-18/h3-5,8H,6-7,15H2,1-2H3,(H,16,19). The Morgan fingerprint density at radius 3 is 2.79 bits per heavy atom. The van der Waals surface area contributed by atoms with Gasteiger partial charge in [0.1, 0.15) is 0 Å². The summed E-state index contributed by atoms with van der Waals surface area (Å²) in [4.78, 5) is 19.4. The van der Waals surface area contributed by atoms with E-state index in [1.165, 1.54) is 0 Å². The summed E-state index contributed by atoms with van der Waals surface area (Å²) in [5, 5.41) is 9.64. The maximum Gasteiger partial charge on any atom is 0.217 e. The first-order valence-electron chi connectivity index (χ1n) is 6.12. The lowest BCUT2D eigenvalue weighted by atomic mass is 9.97. The zero-order valence-electron chi connectivity index (χ0n) is 11.1. The Hall–Kier alpha value is -2.01. The maximum absolute atomic E-state index is 11.1. The van der Waals surface area contributed by atoms with Crippen LogP contribution < -0.4 is 5.73 Å². The van der Waals surface area contributed by atoms with Crippen LogP contribution >= 0.6 is 0 Å². The van der Waals surface area contributed by atoms with Crippen LogP contribution in [0.15, 0.2) is 28.8 Å². The number of hydrogen-bond donors (Lipinski definition) is 2. The van der Waals surface area contributed by atoms with E-state index in [1.807, 2.05) is 32.0 Å². The SMILES string of the molecule is CC(C)(N)c1cccc(C2=C(C=O)C(O)=NCC2)n1. The highest BCUT2D eigenvalue weighted by Crippen LogP contribution is 2.25. The molecule has 2 heterocycles. The second-order valence-corrected chi connectivity index (χ2v) is 5.10. The van der Waals surface area contributed by atoms with Gasteiger partial charge in [-0.3, -0.25) is 14.8 Å². The number of dihydropyridines is 1. The van der Waals surface area contributed by atoms with Crippen LogP contribution in [0.25, 0.3) is 5.57 Å². The molecule has 0 amide bonds. The first-order chi connectivity index (χ1) is 8.93. The molecule has 3 N–H and O–H groups in total. The van der Waals surface area contributed by atoms with Gasteiger partial charge in [0.25, 0.3) is 0 Å². The van der Waals surface area contributed by atoms with Gasteiger partial charge in [0.05, 0.1) is 22.5 Å². The van der Waals surface area contributed by atoms with Gasteiger partial charge in [-0.1, -0.05) is 6.07 Å². The summed E-state index contributed by atoms with van der Waals surface area (Å²) in [5.41, 5.74) is 7.81. The number of aliphatic hydroxyl groups excluding tert-OH is 1. The van der Waals surface area contributed by atoms with Gasteiger partial charge in [0.2, 0.25) is 5.90 Å². The van der Waals surface area contributed by atoms with Crippen molar-refractivity contribution in [1.82, 2.24) is 4.98 Å². The molecule has 0 unspecified atom stereocenters. The summed E-state index contributed by atoms with van der Waals surface area (Å²) in [7, 11) is 0. The Labute approximate surface area is 111 Å². The lowest BCUT2D eigenvalue weighted by Crippen LogP contribution is -2.30. The summed E-state index contributed by atoms with van der Waals surface area (Å²) in [6.45, 7) is 4.19. The molecule has 0 aromatic carbocycles. The summed E-state index contributed by atoms with van der Waals surface area (Å²) in [6.07, 6.45) is 1.20. The van der Waals surface area contributed by atoms with Gasteiger partial charge in [0, 0.05) is 6.54 Å². The highest BCUT2D eigenvalue weighted by molar-refractivity contribution is 6.16. The number of nitrogens with two attached hydrogens (primary N) is 1. The molecule has 1 aliphatic rings. The summed E-state index contributed by atoms with van der Waals surface area (Å²) in [5.74, 6) is -0.213. The van der Waals surface area contributed by atoms with Crippen LogP contribution in [-0.4, -0.2) is 28.8 Å². The van der Waals surface area contributed by atoms with E-state index < -0.39 is 5.54 Å². The van der Waals surface area contributed by atoms with Crippen LogP contribution in [0.3, 0.4) is 0 Å². The number of aldehydes is 1. The van der Waals surface area contributed by atoms with E-state index in [4.69, 9.17) is 5.73 Å². The molecule has 0 bridgehead atoms. The van der Waals surface area contributed by atoms with E-state index in [0.717, 1.165) is 5.69 Å². The number of carbonyl (C=O) groups is 1. The minimum Gasteiger partial charge on any atom is -0.493 e. The number of hydrogen-bond acceptors (Lipinski definition) is 4. The van der Waals surface area contributed by atoms with Gasteiger partial charge in [-0.15, -0.1) is 0 Å². The average Bonchev–Trinajstić information content (AvgIpc) is 2.37. The molecule has 0 spiro atoms. The monoisotopic (exact) mass is 259 g/mol. The number of nitrogens with zero attached hydrogens (tertiary/aromatic N) is 2. The molecule has 0 saturated carbocycles. The van der Waals surface area contributed by atoms with Gasteiger partial charge in [-0.25, -0.2) is 0 Å². The van der Waals surface area contributed by atoms with Crippen molar-refractivity contribution in [1.29, 1.82) is 0 Å². The van der Waals surface area contributed by atoms with Crippen LogP contribution in [0.1, 0.15) is 31.7 Å². The first kappa shape index (κ1) is 13.4. The predicted octanol–water partition coefficient (Wildman–Crippen LogP) is 1.59. The molecule has 2 rings (SSSR count). The quantitative estimate of drug-likeness (QED) is 0.807. The highest BCUT2D eigenvalue weighted by Gasteiger charge is 2.21. The Balaban J connectivity index is 2.53. The molecular formula is C14H17N3O2. The van der Waals surface area contributed by atoms with Crippen molar-refractivity contribution in [2.45, 2.75) is 25.8 Å². The first-order valence-corrected chi connectivity index (χ1v) is 6.12. The van der Waals surface area contributed by atoms with Crippen molar-refractivity contribution in [2.75, 3.05) is 6.54 Å². The molecule has 0 fully saturated rings. The number of pyridine rings is 1. The van der Waals surface area contributed by atoms with Crippen molar-refractivity contribution in [3.8, 4) is 0 Å². The van der Waals surface area contributed by atoms with E-state index in [9.17, 15) is 9.90 Å². The fourth-order valence-corrected chi connectivity index (χ4v) is 1.98. The molecule has 100 valence electrons. The minimum atomic E-state index is -0.553. The van der Waals surface area contributed by atoms with Crippen molar-refractivity contribution < 1.29 is 9.90 Å². The zero-order chi connectivity index (χ0) is 14.0. The van der Waals surface area contributed by atoms with Gasteiger partial charge in [-0.05, 0) is 38.0 Å². The Kier molecular flexibility index (Phi) is 3.48. The molecule has 0 radical (unpaired) electrons. The molecule has 5 heteroatoms. The largest absolute Gasteiger partial charge is 0.493 e. The van der Waals surface area contributed by atoms with Gasteiger partial charge < -0.3 is 10.8 Å². The fraction of sp³-hybridized carbons (Fsp3) is 0.357. The van der Waals surface area contributed by atoms with Crippen molar-refractivity contribution >= 4 is 17.8 Å². The van der Waals surface area contributed by atoms with Crippen molar-refractivity contribution in [3.05, 3.63) is 35.2 Å². The van der Waals surface area contributed by atoms with E-state index in [-0.39, 0.29) is 11.5 Å². The summed E-state index contributed by atoms with van der Waals surface area (Å²) in [6, 6.07) is 5.51. The van der Waals surface area contributed by atoms with E-state index in [0.29, 0.717) is 30.5 Å². The second-order valence-electron chi connectivity index (χ2n) is 5.10. The maximum atomic E-state index is 11.1. The smallest absolute Gasteiger partial charge is 0.217 e. The fourth-order valence-electron chi connectivity index (χ4n) is 1.98. The number of aliphatic imine (C=N–C) groups is 1. The number of aliphatic hydroxyl groups is 1. The lowest BCUT2D eigenvalue weighted by molar-refractivity contribution is -0.104. The number of rotatable bonds is 3. The van der Waals surface area contributed by atoms with Crippen LogP contribution in [0, 0.1) is 0 Å². The van der Waals surface area contributed by atoms with Crippen LogP contribution in [0.5, 0.6) is 0 Å². The second kappa shape index (κ2) is 4.93. The third kappa shape index (κ3) is 2.71. The zero-order valence-corrected chi connectivity index (χ0v) is 11.1. The third-order valence-electron chi connectivity index (χ3n) is 3.03. The normalized spacial score (nSPS) is 16.3. The van der Waals surface area contributed by atoms with E-state index in [2.05, 4.69) is 9.98 Å². The molecule has 0 saturated heterocycles. The Morgan fingerprint density at radius 1 is 1.42 bits per heavy atom. The molecule has 0 atom stereocenters. The molecule has 19 heavy (non-hydrogen) atoms. The molecule has 1 aromatic heterocycles. The number of aromatic nitrogens is 1. The molecule has 0 aliphatic carbocycles. The lowest BCUT2D eigenvalue weighted by Gasteiger charge is -2.20. The van der Waals surface area contributed by atoms with Crippen molar-refractivity contribution in [3.63, 3.8) is 0 Å². The van der Waals surface area contributed by atoms with Crippen LogP contribution in [-0.2, 0) is 10.3 Å². The van der Waals surface area contributed by atoms with E-state index in [1.54, 1.807) is 0 Å². The molecule has 5 nitrogen and oxygen atoms in total. The third-order valence-corrected chi connectivity index (χ3v) is 3.03. The average molecular weight is 259 g/mol. The summed E-state index contributed by atoms with van der Waals surface area (Å²) < 4.78 is 0. The van der Waals surface area contributed by atoms with Crippen molar-refractivity contribution in [2.24, 2.45) is 10.7 Å². The van der Waals surface area contributed by atoms with Crippen LogP contribution in [0.4, 0.5) is 0 Å². The summed E-state index contributed by atoms with van der Waals surface area (Å²) >= 11 is 0.